The van der Waals surface area contributed by atoms with Crippen molar-refractivity contribution in [1.29, 1.82) is 0 Å². The Morgan fingerprint density at radius 2 is 1.91 bits per heavy atom. The zero-order valence-corrected chi connectivity index (χ0v) is 18.3. The van der Waals surface area contributed by atoms with Gasteiger partial charge in [-0.05, 0) is 35.4 Å². The molecule has 4 rings (SSSR count). The monoisotopic (exact) mass is 448 g/mol. The van der Waals surface area contributed by atoms with Crippen molar-refractivity contribution in [3.05, 3.63) is 76.8 Å². The van der Waals surface area contributed by atoms with Crippen LogP contribution in [0.5, 0.6) is 11.5 Å². The predicted molar refractivity (Wildman–Crippen MR) is 125 cm³/mol. The maximum atomic E-state index is 12.8. The molecule has 0 saturated carbocycles. The van der Waals surface area contributed by atoms with Crippen LogP contribution in [0, 0.1) is 0 Å². The molecule has 0 unspecified atom stereocenters. The highest BCUT2D eigenvalue weighted by molar-refractivity contribution is 7.21. The van der Waals surface area contributed by atoms with Gasteiger partial charge in [0.2, 0.25) is 0 Å². The number of aromatic nitrogens is 2. The molecule has 0 fully saturated rings. The standard InChI is InChI=1S/C23H20N4O4S/c1-30-18-9-8-15(10-19(18)31-2)12-25-26-21(28)13-27-14-24-22-17(23(27)29)11-20(32-22)16-6-4-3-5-7-16/h3-12,14H,13H2,1-2H3,(H,26,28). The molecule has 2 aromatic heterocycles. The number of thiophene rings is 1. The Bertz CT molecular complexity index is 1350. The summed E-state index contributed by atoms with van der Waals surface area (Å²) in [6.07, 6.45) is 2.86. The molecule has 4 aromatic rings. The molecule has 0 aliphatic heterocycles. The molecule has 0 bridgehead atoms. The highest BCUT2D eigenvalue weighted by Crippen LogP contribution is 2.30. The van der Waals surface area contributed by atoms with Gasteiger partial charge in [-0.15, -0.1) is 11.3 Å². The van der Waals surface area contributed by atoms with Gasteiger partial charge >= 0.3 is 0 Å². The number of hydrogen-bond donors (Lipinski definition) is 1. The third kappa shape index (κ3) is 4.52. The molecule has 0 saturated heterocycles. The van der Waals surface area contributed by atoms with Gasteiger partial charge in [0, 0.05) is 4.88 Å². The van der Waals surface area contributed by atoms with Crippen molar-refractivity contribution in [3.8, 4) is 21.9 Å². The van der Waals surface area contributed by atoms with E-state index in [1.54, 1.807) is 32.4 Å². The Morgan fingerprint density at radius 1 is 1.12 bits per heavy atom. The molecule has 2 aromatic carbocycles. The normalized spacial score (nSPS) is 11.1. The summed E-state index contributed by atoms with van der Waals surface area (Å²) in [6, 6.07) is 16.9. The van der Waals surface area contributed by atoms with Gasteiger partial charge in [0.15, 0.2) is 11.5 Å². The molecule has 1 amide bonds. The minimum atomic E-state index is -0.441. The third-order valence-corrected chi connectivity index (χ3v) is 5.79. The van der Waals surface area contributed by atoms with Crippen LogP contribution < -0.4 is 20.5 Å². The maximum absolute atomic E-state index is 12.8. The molecule has 0 aliphatic rings. The zero-order chi connectivity index (χ0) is 22.5. The van der Waals surface area contributed by atoms with Gasteiger partial charge in [0.1, 0.15) is 11.4 Å². The van der Waals surface area contributed by atoms with Gasteiger partial charge in [-0.3, -0.25) is 14.2 Å². The number of amides is 1. The second kappa shape index (κ2) is 9.44. The van der Waals surface area contributed by atoms with E-state index >= 15 is 0 Å². The topological polar surface area (TPSA) is 94.8 Å². The summed E-state index contributed by atoms with van der Waals surface area (Å²) in [6.45, 7) is -0.193. The van der Waals surface area contributed by atoms with Crippen molar-refractivity contribution < 1.29 is 14.3 Å². The highest BCUT2D eigenvalue weighted by atomic mass is 32.1. The average molecular weight is 449 g/mol. The highest BCUT2D eigenvalue weighted by Gasteiger charge is 2.12. The first-order valence-corrected chi connectivity index (χ1v) is 10.5. The van der Waals surface area contributed by atoms with Crippen LogP contribution in [0.25, 0.3) is 20.7 Å². The molecule has 2 heterocycles. The molecule has 9 heteroatoms. The lowest BCUT2D eigenvalue weighted by molar-refractivity contribution is -0.121. The number of methoxy groups -OCH3 is 2. The van der Waals surface area contributed by atoms with Crippen molar-refractivity contribution in [2.75, 3.05) is 14.2 Å². The first-order chi connectivity index (χ1) is 15.6. The Morgan fingerprint density at radius 3 is 2.66 bits per heavy atom. The van der Waals surface area contributed by atoms with Crippen molar-refractivity contribution in [2.24, 2.45) is 5.10 Å². The summed E-state index contributed by atoms with van der Waals surface area (Å²) >= 11 is 1.44. The summed E-state index contributed by atoms with van der Waals surface area (Å²) in [7, 11) is 3.10. The second-order valence-corrected chi connectivity index (χ2v) is 7.81. The average Bonchev–Trinajstić information content (AvgIpc) is 3.27. The van der Waals surface area contributed by atoms with E-state index in [9.17, 15) is 9.59 Å². The number of fused-ring (bicyclic) bond motifs is 1. The molecule has 0 aliphatic carbocycles. The molecule has 162 valence electrons. The van der Waals surface area contributed by atoms with E-state index in [1.807, 2.05) is 36.4 Å². The number of hydrogen-bond acceptors (Lipinski definition) is 7. The predicted octanol–water partition coefficient (Wildman–Crippen LogP) is 3.29. The van der Waals surface area contributed by atoms with Gasteiger partial charge < -0.3 is 9.47 Å². The van der Waals surface area contributed by atoms with E-state index in [0.29, 0.717) is 21.7 Å². The van der Waals surface area contributed by atoms with Crippen LogP contribution in [0.15, 0.2) is 70.8 Å². The molecule has 1 N–H and O–H groups in total. The molecule has 32 heavy (non-hydrogen) atoms. The van der Waals surface area contributed by atoms with Crippen LogP contribution >= 0.6 is 11.3 Å². The SMILES string of the molecule is COc1ccc(C=NNC(=O)Cn2cnc3sc(-c4ccccc4)cc3c2=O)cc1OC. The number of benzene rings is 2. The summed E-state index contributed by atoms with van der Waals surface area (Å²) in [5.41, 5.74) is 3.89. The number of carbonyl (C=O) groups is 1. The van der Waals surface area contributed by atoms with Gasteiger partial charge in [0.25, 0.3) is 11.5 Å². The number of nitrogens with zero attached hydrogens (tertiary/aromatic N) is 3. The Balaban J connectivity index is 1.46. The Labute approximate surface area is 187 Å². The van der Waals surface area contributed by atoms with Crippen molar-refractivity contribution in [3.63, 3.8) is 0 Å². The van der Waals surface area contributed by atoms with Crippen molar-refractivity contribution >= 4 is 33.7 Å². The fourth-order valence-corrected chi connectivity index (χ4v) is 4.11. The number of rotatable bonds is 7. The van der Waals surface area contributed by atoms with Crippen molar-refractivity contribution in [2.45, 2.75) is 6.54 Å². The lowest BCUT2D eigenvalue weighted by Gasteiger charge is -2.07. The fourth-order valence-electron chi connectivity index (χ4n) is 3.12. The van der Waals surface area contributed by atoms with E-state index in [2.05, 4.69) is 15.5 Å². The minimum absolute atomic E-state index is 0.193. The largest absolute Gasteiger partial charge is 0.493 e. The molecular weight excluding hydrogens is 428 g/mol. The lowest BCUT2D eigenvalue weighted by atomic mass is 10.2. The summed E-state index contributed by atoms with van der Waals surface area (Å²) in [5.74, 6) is 0.711. The van der Waals surface area contributed by atoms with Crippen LogP contribution in [0.3, 0.4) is 0 Å². The third-order valence-electron chi connectivity index (χ3n) is 4.70. The Kier molecular flexibility index (Phi) is 6.27. The van der Waals surface area contributed by atoms with Crippen LogP contribution in [-0.2, 0) is 11.3 Å². The summed E-state index contributed by atoms with van der Waals surface area (Å²) in [4.78, 5) is 31.0. The fraction of sp³-hybridized carbons (Fsp3) is 0.130. The van der Waals surface area contributed by atoms with E-state index in [4.69, 9.17) is 9.47 Å². The number of nitrogens with one attached hydrogen (secondary N) is 1. The van der Waals surface area contributed by atoms with Crippen molar-refractivity contribution in [1.82, 2.24) is 15.0 Å². The van der Waals surface area contributed by atoms with E-state index in [0.717, 1.165) is 16.0 Å². The number of ether oxygens (including phenoxy) is 2. The molecule has 8 nitrogen and oxygen atoms in total. The first-order valence-electron chi connectivity index (χ1n) is 9.67. The van der Waals surface area contributed by atoms with E-state index < -0.39 is 5.91 Å². The van der Waals surface area contributed by atoms with E-state index in [1.165, 1.54) is 28.4 Å². The van der Waals surface area contributed by atoms with Crippen LogP contribution in [0.1, 0.15) is 5.56 Å². The smallest absolute Gasteiger partial charge is 0.262 e. The molecule has 0 spiro atoms. The van der Waals surface area contributed by atoms with Crippen LogP contribution in [0.4, 0.5) is 0 Å². The van der Waals surface area contributed by atoms with Gasteiger partial charge in [-0.2, -0.15) is 5.10 Å². The quantitative estimate of drug-likeness (QED) is 0.346. The van der Waals surface area contributed by atoms with E-state index in [-0.39, 0.29) is 12.1 Å². The molecule has 0 atom stereocenters. The Hall–Kier alpha value is -3.98. The van der Waals surface area contributed by atoms with Gasteiger partial charge in [0.05, 0.1) is 32.1 Å². The first kappa shape index (κ1) is 21.3. The van der Waals surface area contributed by atoms with Gasteiger partial charge in [-0.1, -0.05) is 30.3 Å². The molecular formula is C23H20N4O4S. The van der Waals surface area contributed by atoms with Gasteiger partial charge in [-0.25, -0.2) is 10.4 Å². The number of carbonyl (C=O) groups excluding carboxylic acids is 1. The summed E-state index contributed by atoms with van der Waals surface area (Å²) < 4.78 is 11.7. The summed E-state index contributed by atoms with van der Waals surface area (Å²) in [5, 5.41) is 4.43. The maximum Gasteiger partial charge on any atom is 0.262 e. The lowest BCUT2D eigenvalue weighted by Crippen LogP contribution is -2.29. The van der Waals surface area contributed by atoms with Crippen LogP contribution in [-0.4, -0.2) is 35.9 Å². The second-order valence-electron chi connectivity index (χ2n) is 6.78. The zero-order valence-electron chi connectivity index (χ0n) is 17.4. The number of hydrazone groups is 1. The minimum Gasteiger partial charge on any atom is -0.493 e. The van der Waals surface area contributed by atoms with Crippen LogP contribution in [0.2, 0.25) is 0 Å². The molecule has 0 radical (unpaired) electrons.